The maximum Gasteiger partial charge on any atom is 0.266 e. The van der Waals surface area contributed by atoms with Gasteiger partial charge in [-0.3, -0.25) is 14.2 Å². The zero-order valence-corrected chi connectivity index (χ0v) is 19.1. The smallest absolute Gasteiger partial charge is 0.266 e. The maximum absolute atomic E-state index is 13.2. The number of rotatable bonds is 8. The average Bonchev–Trinajstić information content (AvgIpc) is 3.23. The number of halogens is 2. The largest absolute Gasteiger partial charge is 0.380 e. The van der Waals surface area contributed by atoms with Crippen molar-refractivity contribution < 1.29 is 4.79 Å². The van der Waals surface area contributed by atoms with Crippen LogP contribution in [0, 0.1) is 11.3 Å². The van der Waals surface area contributed by atoms with Crippen molar-refractivity contribution in [2.24, 2.45) is 5.92 Å². The van der Waals surface area contributed by atoms with Crippen molar-refractivity contribution in [3.63, 3.8) is 0 Å². The Bertz CT molecular complexity index is 1260. The van der Waals surface area contributed by atoms with Crippen molar-refractivity contribution in [1.29, 1.82) is 5.41 Å². The summed E-state index contributed by atoms with van der Waals surface area (Å²) in [5.74, 6) is 0.757. The summed E-state index contributed by atoms with van der Waals surface area (Å²) in [6.45, 7) is 1.60. The number of nitrogens with one attached hydrogen (secondary N) is 4. The van der Waals surface area contributed by atoms with E-state index in [9.17, 15) is 9.59 Å². The number of hydrogen-bond acceptors (Lipinski definition) is 6. The van der Waals surface area contributed by atoms with Gasteiger partial charge in [-0.1, -0.05) is 41.4 Å². The number of nitrogens with zero attached hydrogens (tertiary/aromatic N) is 2. The Morgan fingerprint density at radius 2 is 2.00 bits per heavy atom. The van der Waals surface area contributed by atoms with Crippen molar-refractivity contribution in [3.05, 3.63) is 80.3 Å². The monoisotopic (exact) mass is 484 g/mol. The number of carbonyl (C=O) groups is 1. The van der Waals surface area contributed by atoms with Crippen molar-refractivity contribution in [3.8, 4) is 5.69 Å². The van der Waals surface area contributed by atoms with Crippen LogP contribution >= 0.6 is 23.2 Å². The second kappa shape index (κ2) is 10.1. The quantitative estimate of drug-likeness (QED) is 0.364. The lowest BCUT2D eigenvalue weighted by atomic mass is 10.1. The van der Waals surface area contributed by atoms with E-state index in [4.69, 9.17) is 28.6 Å². The van der Waals surface area contributed by atoms with Crippen LogP contribution in [-0.4, -0.2) is 34.8 Å². The zero-order valence-electron chi connectivity index (χ0n) is 17.6. The fourth-order valence-electron chi connectivity index (χ4n) is 3.63. The van der Waals surface area contributed by atoms with Gasteiger partial charge in [-0.15, -0.1) is 0 Å². The third-order valence-electron chi connectivity index (χ3n) is 5.43. The zero-order chi connectivity index (χ0) is 23.4. The third kappa shape index (κ3) is 5.18. The van der Waals surface area contributed by atoms with Gasteiger partial charge >= 0.3 is 0 Å². The van der Waals surface area contributed by atoms with Crippen molar-refractivity contribution in [2.75, 3.05) is 23.7 Å². The highest BCUT2D eigenvalue weighted by atomic mass is 35.5. The molecule has 2 aromatic heterocycles. The average molecular weight is 485 g/mol. The highest BCUT2D eigenvalue weighted by molar-refractivity contribution is 6.32. The van der Waals surface area contributed by atoms with Crippen LogP contribution in [0.1, 0.15) is 17.5 Å². The van der Waals surface area contributed by atoms with E-state index in [0.717, 1.165) is 11.8 Å². The molecule has 1 fully saturated rings. The summed E-state index contributed by atoms with van der Waals surface area (Å²) in [6.07, 6.45) is 4.57. The van der Waals surface area contributed by atoms with Gasteiger partial charge in [0.15, 0.2) is 0 Å². The molecule has 1 saturated heterocycles. The molecule has 1 aromatic carbocycles. The highest BCUT2D eigenvalue weighted by Gasteiger charge is 2.21. The number of carbonyl (C=O) groups excluding carboxylic acids is 1. The molecule has 1 aliphatic heterocycles. The molecule has 4 N–H and O–H groups in total. The molecule has 0 bridgehead atoms. The van der Waals surface area contributed by atoms with Gasteiger partial charge in [-0.2, -0.15) is 0 Å². The summed E-state index contributed by atoms with van der Waals surface area (Å²) >= 11 is 12.6. The van der Waals surface area contributed by atoms with E-state index in [0.29, 0.717) is 53.3 Å². The van der Waals surface area contributed by atoms with Crippen LogP contribution < -0.4 is 21.5 Å². The Labute approximate surface area is 200 Å². The maximum atomic E-state index is 13.2. The van der Waals surface area contributed by atoms with Crippen LogP contribution in [0.4, 0.5) is 11.5 Å². The van der Waals surface area contributed by atoms with E-state index in [-0.39, 0.29) is 17.4 Å². The van der Waals surface area contributed by atoms with Gasteiger partial charge in [-0.05, 0) is 17.7 Å². The van der Waals surface area contributed by atoms with Crippen molar-refractivity contribution in [1.82, 2.24) is 14.9 Å². The van der Waals surface area contributed by atoms with Gasteiger partial charge in [0.2, 0.25) is 5.91 Å². The van der Waals surface area contributed by atoms with E-state index in [1.165, 1.54) is 10.8 Å². The molecule has 0 radical (unpaired) electrons. The van der Waals surface area contributed by atoms with Crippen molar-refractivity contribution >= 4 is 46.8 Å². The minimum atomic E-state index is -0.390. The first-order valence-electron chi connectivity index (χ1n) is 10.4. The molecule has 0 spiro atoms. The second-order valence-electron chi connectivity index (χ2n) is 7.68. The van der Waals surface area contributed by atoms with E-state index < -0.39 is 5.56 Å². The molecular weight excluding hydrogens is 463 g/mol. The van der Waals surface area contributed by atoms with Gasteiger partial charge in [0, 0.05) is 55.5 Å². The second-order valence-corrected chi connectivity index (χ2v) is 8.50. The summed E-state index contributed by atoms with van der Waals surface area (Å²) in [6, 6.07) is 10.8. The molecule has 3 aromatic rings. The molecule has 0 saturated carbocycles. The molecule has 1 atom stereocenters. The lowest BCUT2D eigenvalue weighted by molar-refractivity contribution is -0.119. The summed E-state index contributed by atoms with van der Waals surface area (Å²) in [5, 5.41) is 17.9. The van der Waals surface area contributed by atoms with Gasteiger partial charge in [0.1, 0.15) is 5.82 Å². The topological polar surface area (TPSA) is 112 Å². The Morgan fingerprint density at radius 3 is 2.73 bits per heavy atom. The van der Waals surface area contributed by atoms with Crippen LogP contribution in [0.15, 0.2) is 53.6 Å². The van der Waals surface area contributed by atoms with Crippen LogP contribution in [0.2, 0.25) is 10.0 Å². The van der Waals surface area contributed by atoms with E-state index in [1.807, 2.05) is 18.2 Å². The number of pyridine rings is 2. The van der Waals surface area contributed by atoms with Crippen LogP contribution in [0.5, 0.6) is 0 Å². The molecule has 0 unspecified atom stereocenters. The summed E-state index contributed by atoms with van der Waals surface area (Å²) in [4.78, 5) is 28.8. The number of anilines is 2. The van der Waals surface area contributed by atoms with Gasteiger partial charge in [0.05, 0.1) is 28.2 Å². The first-order chi connectivity index (χ1) is 16.0. The molecule has 10 heteroatoms. The standard InChI is InChI=1S/C23H22Cl2N6O2/c24-17-4-2-1-3-15(17)12-27-19-5-6-31(23(33)16(19)9-26)20-8-21(29-13-18(20)25)28-10-14-7-22(32)30-11-14/h1-6,8-9,13-14,26-27H,7,10-12H2,(H,28,29)(H,30,32)/t14-/m1/s1. The number of hydrogen-bond donors (Lipinski definition) is 4. The van der Waals surface area contributed by atoms with Crippen molar-refractivity contribution in [2.45, 2.75) is 13.0 Å². The normalized spacial score (nSPS) is 15.2. The fourth-order valence-corrected chi connectivity index (χ4v) is 4.03. The molecule has 33 heavy (non-hydrogen) atoms. The summed E-state index contributed by atoms with van der Waals surface area (Å²) < 4.78 is 1.39. The third-order valence-corrected chi connectivity index (χ3v) is 6.09. The van der Waals surface area contributed by atoms with E-state index >= 15 is 0 Å². The fraction of sp³-hybridized carbons (Fsp3) is 0.217. The minimum Gasteiger partial charge on any atom is -0.380 e. The van der Waals surface area contributed by atoms with Crippen LogP contribution in [0.25, 0.3) is 5.69 Å². The lowest BCUT2D eigenvalue weighted by Crippen LogP contribution is -2.24. The molecular formula is C23H22Cl2N6O2. The number of aromatic nitrogens is 2. The lowest BCUT2D eigenvalue weighted by Gasteiger charge is -2.15. The van der Waals surface area contributed by atoms with Gasteiger partial charge in [0.25, 0.3) is 5.56 Å². The predicted octanol–water partition coefficient (Wildman–Crippen LogP) is 3.70. The first-order valence-corrected chi connectivity index (χ1v) is 11.1. The van der Waals surface area contributed by atoms with Gasteiger partial charge < -0.3 is 21.4 Å². The summed E-state index contributed by atoms with van der Waals surface area (Å²) in [5.41, 5.74) is 1.65. The SMILES string of the molecule is N=Cc1c(NCc2ccccc2Cl)ccn(-c2cc(NC[C@@H]3CNC(=O)C3)ncc2Cl)c1=O. The molecule has 0 aliphatic carbocycles. The Hall–Kier alpha value is -3.36. The Kier molecular flexibility index (Phi) is 6.96. The van der Waals surface area contributed by atoms with Gasteiger partial charge in [-0.25, -0.2) is 4.98 Å². The van der Waals surface area contributed by atoms with E-state index in [1.54, 1.807) is 24.4 Å². The van der Waals surface area contributed by atoms with Crippen LogP contribution in [0.3, 0.4) is 0 Å². The molecule has 1 aliphatic rings. The first kappa shape index (κ1) is 22.8. The van der Waals surface area contributed by atoms with E-state index in [2.05, 4.69) is 20.9 Å². The molecule has 8 nitrogen and oxygen atoms in total. The molecule has 170 valence electrons. The molecule has 4 rings (SSSR count). The predicted molar refractivity (Wildman–Crippen MR) is 131 cm³/mol. The Balaban J connectivity index is 1.57. The molecule has 3 heterocycles. The minimum absolute atomic E-state index is 0.0421. The highest BCUT2D eigenvalue weighted by Crippen LogP contribution is 2.23. The number of benzene rings is 1. The molecule has 1 amide bonds. The summed E-state index contributed by atoms with van der Waals surface area (Å²) in [7, 11) is 0. The van der Waals surface area contributed by atoms with Crippen LogP contribution in [-0.2, 0) is 11.3 Å². The number of amides is 1. The Morgan fingerprint density at radius 1 is 1.18 bits per heavy atom.